The van der Waals surface area contributed by atoms with Crippen molar-refractivity contribution in [2.75, 3.05) is 46.5 Å². The summed E-state index contributed by atoms with van der Waals surface area (Å²) in [7, 11) is 1.63. The molecular weight excluding hydrogens is 427 g/mol. The number of nitrogens with one attached hydrogen (secondary N) is 1. The maximum absolute atomic E-state index is 13.0. The molecule has 1 aliphatic rings. The third kappa shape index (κ3) is 6.17. The molecule has 152 valence electrons. The van der Waals surface area contributed by atoms with Gasteiger partial charge in [0.2, 0.25) is 0 Å². The van der Waals surface area contributed by atoms with Crippen molar-refractivity contribution in [2.45, 2.75) is 13.2 Å². The van der Waals surface area contributed by atoms with Crippen molar-refractivity contribution in [3.05, 3.63) is 57.8 Å². The minimum Gasteiger partial charge on any atom is -0.493 e. The molecule has 1 aliphatic heterocycles. The number of benzene rings is 2. The zero-order chi connectivity index (χ0) is 19.8. The molecular formula is C21H26BrFN2O3. The minimum atomic E-state index is -0.255. The van der Waals surface area contributed by atoms with E-state index in [9.17, 15) is 4.39 Å². The van der Waals surface area contributed by atoms with Crippen molar-refractivity contribution in [1.82, 2.24) is 10.2 Å². The van der Waals surface area contributed by atoms with E-state index in [0.29, 0.717) is 18.1 Å². The lowest BCUT2D eigenvalue weighted by Gasteiger charge is -2.26. The highest BCUT2D eigenvalue weighted by molar-refractivity contribution is 9.10. The molecule has 0 spiro atoms. The number of methoxy groups -OCH3 is 1. The molecule has 0 aromatic heterocycles. The van der Waals surface area contributed by atoms with E-state index in [-0.39, 0.29) is 5.82 Å². The molecule has 5 nitrogen and oxygen atoms in total. The monoisotopic (exact) mass is 452 g/mol. The minimum absolute atomic E-state index is 0.255. The van der Waals surface area contributed by atoms with Gasteiger partial charge in [-0.15, -0.1) is 0 Å². The number of nitrogens with zero attached hydrogens (tertiary/aromatic N) is 1. The Hall–Kier alpha value is -1.67. The summed E-state index contributed by atoms with van der Waals surface area (Å²) in [4.78, 5) is 2.40. The van der Waals surface area contributed by atoms with Crippen molar-refractivity contribution in [3.63, 3.8) is 0 Å². The van der Waals surface area contributed by atoms with Crippen LogP contribution >= 0.6 is 15.9 Å². The van der Waals surface area contributed by atoms with Gasteiger partial charge >= 0.3 is 0 Å². The molecule has 0 atom stereocenters. The van der Waals surface area contributed by atoms with Crippen molar-refractivity contribution < 1.29 is 18.6 Å². The van der Waals surface area contributed by atoms with Gasteiger partial charge < -0.3 is 19.5 Å². The third-order valence-corrected chi connectivity index (χ3v) is 5.40. The van der Waals surface area contributed by atoms with Gasteiger partial charge in [0.1, 0.15) is 12.4 Å². The van der Waals surface area contributed by atoms with Crippen LogP contribution in [0.2, 0.25) is 0 Å². The highest BCUT2D eigenvalue weighted by Gasteiger charge is 2.12. The average molecular weight is 453 g/mol. The van der Waals surface area contributed by atoms with E-state index in [4.69, 9.17) is 14.2 Å². The summed E-state index contributed by atoms with van der Waals surface area (Å²) in [5, 5.41) is 3.48. The Labute approximate surface area is 173 Å². The van der Waals surface area contributed by atoms with Crippen LogP contribution in [0, 0.1) is 5.82 Å². The van der Waals surface area contributed by atoms with Gasteiger partial charge in [-0.25, -0.2) is 4.39 Å². The van der Waals surface area contributed by atoms with Crippen LogP contribution < -0.4 is 14.8 Å². The lowest BCUT2D eigenvalue weighted by molar-refractivity contribution is 0.0384. The first kappa shape index (κ1) is 21.0. The second-order valence-corrected chi connectivity index (χ2v) is 7.49. The van der Waals surface area contributed by atoms with Crippen LogP contribution in [0.15, 0.2) is 40.9 Å². The van der Waals surface area contributed by atoms with E-state index in [1.54, 1.807) is 19.2 Å². The molecule has 1 heterocycles. The molecule has 0 aliphatic carbocycles. The lowest BCUT2D eigenvalue weighted by Crippen LogP contribution is -2.40. The van der Waals surface area contributed by atoms with E-state index in [1.165, 1.54) is 12.1 Å². The second-order valence-electron chi connectivity index (χ2n) is 6.64. The zero-order valence-corrected chi connectivity index (χ0v) is 17.6. The highest BCUT2D eigenvalue weighted by Crippen LogP contribution is 2.34. The van der Waals surface area contributed by atoms with E-state index >= 15 is 0 Å². The van der Waals surface area contributed by atoms with Crippen molar-refractivity contribution in [2.24, 2.45) is 0 Å². The molecule has 0 unspecified atom stereocenters. The largest absolute Gasteiger partial charge is 0.493 e. The summed E-state index contributed by atoms with van der Waals surface area (Å²) in [5.74, 6) is 1.07. The second kappa shape index (κ2) is 10.8. The summed E-state index contributed by atoms with van der Waals surface area (Å²) >= 11 is 3.62. The van der Waals surface area contributed by atoms with E-state index < -0.39 is 0 Å². The molecule has 7 heteroatoms. The van der Waals surface area contributed by atoms with E-state index in [2.05, 4.69) is 26.1 Å². The first-order valence-electron chi connectivity index (χ1n) is 9.40. The Balaban J connectivity index is 1.53. The molecule has 2 aromatic carbocycles. The van der Waals surface area contributed by atoms with Crippen LogP contribution in [-0.2, 0) is 17.9 Å². The fourth-order valence-electron chi connectivity index (χ4n) is 3.01. The highest BCUT2D eigenvalue weighted by atomic mass is 79.9. The van der Waals surface area contributed by atoms with Gasteiger partial charge in [0, 0.05) is 37.2 Å². The molecule has 0 bridgehead atoms. The van der Waals surface area contributed by atoms with Crippen LogP contribution in [0.4, 0.5) is 4.39 Å². The molecule has 1 saturated heterocycles. The Morgan fingerprint density at radius 1 is 1.14 bits per heavy atom. The molecule has 0 amide bonds. The van der Waals surface area contributed by atoms with Gasteiger partial charge in [-0.1, -0.05) is 28.1 Å². The third-order valence-electron chi connectivity index (χ3n) is 4.66. The molecule has 2 aromatic rings. The summed E-state index contributed by atoms with van der Waals surface area (Å²) in [5.41, 5.74) is 2.00. The number of halogens is 2. The van der Waals surface area contributed by atoms with Gasteiger partial charge in [-0.3, -0.25) is 4.90 Å². The maximum atomic E-state index is 13.0. The summed E-state index contributed by atoms with van der Waals surface area (Å²) in [6, 6.07) is 10.2. The summed E-state index contributed by atoms with van der Waals surface area (Å²) in [6.07, 6.45) is 0. The molecule has 0 radical (unpaired) electrons. The standard InChI is InChI=1S/C21H26BrFN2O3/c1-26-20-12-17(14-24-6-7-25-8-10-27-11-9-25)19(22)13-21(20)28-15-16-2-4-18(23)5-3-16/h2-5,12-13,24H,6-11,14-15H2,1H3. The summed E-state index contributed by atoms with van der Waals surface area (Å²) < 4.78 is 30.7. The van der Waals surface area contributed by atoms with Crippen molar-refractivity contribution in [1.29, 1.82) is 0 Å². The van der Waals surface area contributed by atoms with Gasteiger partial charge in [0.05, 0.1) is 20.3 Å². The fraction of sp³-hybridized carbons (Fsp3) is 0.429. The van der Waals surface area contributed by atoms with E-state index in [1.807, 2.05) is 12.1 Å². The average Bonchev–Trinajstić information content (AvgIpc) is 2.72. The number of rotatable bonds is 9. The maximum Gasteiger partial charge on any atom is 0.162 e. The molecule has 1 fully saturated rings. The molecule has 1 N–H and O–H groups in total. The topological polar surface area (TPSA) is 43.0 Å². The van der Waals surface area contributed by atoms with Gasteiger partial charge in [-0.05, 0) is 35.4 Å². The van der Waals surface area contributed by atoms with Crippen LogP contribution in [-0.4, -0.2) is 51.4 Å². The van der Waals surface area contributed by atoms with Gasteiger partial charge in [0.15, 0.2) is 11.5 Å². The summed E-state index contributed by atoms with van der Waals surface area (Å²) in [6.45, 7) is 6.65. The SMILES string of the molecule is COc1cc(CNCCN2CCOCC2)c(Br)cc1OCc1ccc(F)cc1. The van der Waals surface area contributed by atoms with Crippen molar-refractivity contribution in [3.8, 4) is 11.5 Å². The lowest BCUT2D eigenvalue weighted by atomic mass is 10.2. The van der Waals surface area contributed by atoms with Crippen LogP contribution in [0.1, 0.15) is 11.1 Å². The first-order chi connectivity index (χ1) is 13.7. The Morgan fingerprint density at radius 3 is 2.61 bits per heavy atom. The molecule has 3 rings (SSSR count). The fourth-order valence-corrected chi connectivity index (χ4v) is 3.47. The van der Waals surface area contributed by atoms with Crippen LogP contribution in [0.5, 0.6) is 11.5 Å². The molecule has 0 saturated carbocycles. The van der Waals surface area contributed by atoms with Crippen molar-refractivity contribution >= 4 is 15.9 Å². The van der Waals surface area contributed by atoms with Crippen LogP contribution in [0.25, 0.3) is 0 Å². The smallest absolute Gasteiger partial charge is 0.162 e. The number of ether oxygens (including phenoxy) is 3. The Kier molecular flexibility index (Phi) is 8.09. The number of morpholine rings is 1. The molecule has 28 heavy (non-hydrogen) atoms. The normalized spacial score (nSPS) is 14.8. The zero-order valence-electron chi connectivity index (χ0n) is 16.0. The number of hydrogen-bond acceptors (Lipinski definition) is 5. The quantitative estimate of drug-likeness (QED) is 0.588. The predicted molar refractivity (Wildman–Crippen MR) is 110 cm³/mol. The van der Waals surface area contributed by atoms with Gasteiger partial charge in [0.25, 0.3) is 0 Å². The Bertz CT molecular complexity index is 752. The van der Waals surface area contributed by atoms with Gasteiger partial charge in [-0.2, -0.15) is 0 Å². The van der Waals surface area contributed by atoms with Crippen LogP contribution in [0.3, 0.4) is 0 Å². The Morgan fingerprint density at radius 2 is 1.89 bits per heavy atom. The first-order valence-corrected chi connectivity index (χ1v) is 10.2. The number of hydrogen-bond donors (Lipinski definition) is 1. The van der Waals surface area contributed by atoms with E-state index in [0.717, 1.165) is 61.5 Å². The predicted octanol–water partition coefficient (Wildman–Crippen LogP) is 3.60.